The van der Waals surface area contributed by atoms with E-state index in [0.717, 1.165) is 107 Å². The number of nitrogens with zero attached hydrogens (tertiary/aromatic N) is 2. The third-order valence-corrected chi connectivity index (χ3v) is 14.5. The van der Waals surface area contributed by atoms with Gasteiger partial charge in [0.15, 0.2) is 11.5 Å². The average molecular weight is 913 g/mol. The maximum atomic E-state index is 6.80. The van der Waals surface area contributed by atoms with E-state index in [1.807, 2.05) is 24.3 Å². The van der Waals surface area contributed by atoms with Crippen LogP contribution < -0.4 is 35.7 Å². The van der Waals surface area contributed by atoms with Gasteiger partial charge in [0.05, 0.1) is 11.4 Å². The van der Waals surface area contributed by atoms with Crippen LogP contribution in [0.25, 0.3) is 55.7 Å². The number of para-hydroxylation sites is 2. The molecule has 3 aliphatic rings. The van der Waals surface area contributed by atoms with Crippen molar-refractivity contribution in [1.82, 2.24) is 0 Å². The van der Waals surface area contributed by atoms with E-state index in [0.29, 0.717) is 13.2 Å². The van der Waals surface area contributed by atoms with Crippen molar-refractivity contribution in [3.63, 3.8) is 0 Å². The van der Waals surface area contributed by atoms with Gasteiger partial charge < -0.3 is 28.1 Å². The van der Waals surface area contributed by atoms with Gasteiger partial charge in [0.25, 0.3) is 6.71 Å². The zero-order valence-corrected chi connectivity index (χ0v) is 40.7. The summed E-state index contributed by atoms with van der Waals surface area (Å²) in [6.45, 7) is 16.8. The number of hydrogen-bond acceptors (Lipinski definition) is 6. The molecule has 13 rings (SSSR count). The van der Waals surface area contributed by atoms with E-state index in [9.17, 15) is 0 Å². The molecule has 10 aromatic rings. The summed E-state index contributed by atoms with van der Waals surface area (Å²) in [7, 11) is 0. The third kappa shape index (κ3) is 6.77. The van der Waals surface area contributed by atoms with Crippen LogP contribution in [-0.2, 0) is 10.8 Å². The fraction of sp³-hybridized carbons (Fsp3) is 0.175. The highest BCUT2D eigenvalue weighted by atomic mass is 16.6. The van der Waals surface area contributed by atoms with Crippen LogP contribution in [0, 0.1) is 6.92 Å². The van der Waals surface area contributed by atoms with Crippen LogP contribution >= 0.6 is 0 Å². The molecule has 0 saturated heterocycles. The van der Waals surface area contributed by atoms with Crippen molar-refractivity contribution < 1.29 is 18.3 Å². The Morgan fingerprint density at radius 3 is 1.70 bits per heavy atom. The largest absolute Gasteiger partial charge is 0.486 e. The van der Waals surface area contributed by atoms with Crippen LogP contribution in [0.15, 0.2) is 179 Å². The number of fused-ring (bicyclic) bond motifs is 8. The highest BCUT2D eigenvalue weighted by Gasteiger charge is 2.46. The summed E-state index contributed by atoms with van der Waals surface area (Å²) < 4.78 is 26.6. The summed E-state index contributed by atoms with van der Waals surface area (Å²) in [5, 5.41) is 2.12. The monoisotopic (exact) mass is 912 g/mol. The molecule has 70 heavy (non-hydrogen) atoms. The SMILES string of the molecule is Cc1cc2c3c(c1)N(c1ccc(C(C)(C)C)cc1-c1ccccc1)c1c(ccc4c1OCCO4)B3c1cc(C(C)(C)C)ccc1N2c1cc(-c2cc3ccccc3o2)cc(-c2cc3ccccc3o2)c1. The molecular weight excluding hydrogens is 860 g/mol. The summed E-state index contributed by atoms with van der Waals surface area (Å²) in [6, 6.07) is 61.7. The fourth-order valence-electron chi connectivity index (χ4n) is 11.0. The standard InChI is InChI=1S/C63H53BN2O4/c1-38-29-52-59-53(30-38)66(50-24-21-44(62(2,3)4)36-47(50)39-15-9-8-10-16-39)60-48(23-26-56-61(60)68-28-27-67-56)64(59)49-37-45(63(5,6)7)22-25-51(49)65(52)46-32-42(57-34-40-17-11-13-19-54(40)69-57)31-43(33-46)58-35-41-18-12-14-20-55(41)70-58/h8-26,29-37H,27-28H2,1-7H3. The quantitative estimate of drug-likeness (QED) is 0.160. The Morgan fingerprint density at radius 2 is 1.06 bits per heavy atom. The topological polar surface area (TPSA) is 51.2 Å². The first-order valence-electron chi connectivity index (χ1n) is 24.5. The molecule has 0 spiro atoms. The molecule has 0 fully saturated rings. The number of aryl methyl sites for hydroxylation is 1. The van der Waals surface area contributed by atoms with Gasteiger partial charge >= 0.3 is 0 Å². The third-order valence-electron chi connectivity index (χ3n) is 14.5. The van der Waals surface area contributed by atoms with Crippen molar-refractivity contribution >= 4 is 79.2 Å². The highest BCUT2D eigenvalue weighted by molar-refractivity contribution is 7.00. The second-order valence-electron chi connectivity index (χ2n) is 21.3. The molecule has 5 heterocycles. The average Bonchev–Trinajstić information content (AvgIpc) is 4.01. The minimum Gasteiger partial charge on any atom is -0.486 e. The summed E-state index contributed by atoms with van der Waals surface area (Å²) in [6.07, 6.45) is 0. The van der Waals surface area contributed by atoms with Crippen molar-refractivity contribution in [3.05, 3.63) is 187 Å². The van der Waals surface area contributed by atoms with Gasteiger partial charge in [-0.25, -0.2) is 0 Å². The Labute approximate surface area is 409 Å². The molecule has 0 unspecified atom stereocenters. The first kappa shape index (κ1) is 42.2. The molecule has 0 radical (unpaired) electrons. The van der Waals surface area contributed by atoms with Crippen LogP contribution in [-0.4, -0.2) is 19.9 Å². The number of benzene rings is 8. The summed E-state index contributed by atoms with van der Waals surface area (Å²) >= 11 is 0. The van der Waals surface area contributed by atoms with Crippen LogP contribution in [0.5, 0.6) is 11.5 Å². The molecule has 0 aliphatic carbocycles. The van der Waals surface area contributed by atoms with Crippen molar-refractivity contribution in [2.75, 3.05) is 23.0 Å². The molecule has 0 bridgehead atoms. The second kappa shape index (κ2) is 15.6. The van der Waals surface area contributed by atoms with Gasteiger partial charge in [-0.2, -0.15) is 0 Å². The van der Waals surface area contributed by atoms with E-state index < -0.39 is 0 Å². The van der Waals surface area contributed by atoms with Gasteiger partial charge in [-0.1, -0.05) is 133 Å². The molecule has 6 nitrogen and oxygen atoms in total. The van der Waals surface area contributed by atoms with Crippen molar-refractivity contribution in [3.8, 4) is 45.3 Å². The van der Waals surface area contributed by atoms with E-state index >= 15 is 0 Å². The molecule has 0 amide bonds. The van der Waals surface area contributed by atoms with Gasteiger partial charge in [0, 0.05) is 50.2 Å². The molecule has 0 saturated carbocycles. The molecule has 0 atom stereocenters. The molecule has 2 aromatic heterocycles. The summed E-state index contributed by atoms with van der Waals surface area (Å²) in [4.78, 5) is 4.98. The number of anilines is 6. The van der Waals surface area contributed by atoms with E-state index in [2.05, 4.69) is 204 Å². The molecule has 342 valence electrons. The minimum atomic E-state index is -0.136. The summed E-state index contributed by atoms with van der Waals surface area (Å²) in [5.74, 6) is 3.13. The predicted octanol–water partition coefficient (Wildman–Crippen LogP) is 14.9. The Kier molecular flexibility index (Phi) is 9.39. The van der Waals surface area contributed by atoms with Crippen molar-refractivity contribution in [2.24, 2.45) is 0 Å². The maximum Gasteiger partial charge on any atom is 0.252 e. The fourth-order valence-corrected chi connectivity index (χ4v) is 11.0. The predicted molar refractivity (Wildman–Crippen MR) is 289 cm³/mol. The molecule has 0 N–H and O–H groups in total. The van der Waals surface area contributed by atoms with Gasteiger partial charge in [-0.05, 0) is 135 Å². The minimum absolute atomic E-state index is 0.0707. The lowest BCUT2D eigenvalue weighted by Gasteiger charge is -2.46. The lowest BCUT2D eigenvalue weighted by atomic mass is 9.33. The molecule has 7 heteroatoms. The lowest BCUT2D eigenvalue weighted by Crippen LogP contribution is -2.61. The van der Waals surface area contributed by atoms with Crippen LogP contribution in [0.4, 0.5) is 34.1 Å². The van der Waals surface area contributed by atoms with Crippen LogP contribution in [0.1, 0.15) is 58.2 Å². The Balaban J connectivity index is 1.12. The molecule has 8 aromatic carbocycles. The molecular formula is C63H53BN2O4. The first-order chi connectivity index (χ1) is 33.9. The second-order valence-corrected chi connectivity index (χ2v) is 21.3. The number of rotatable bonds is 5. The molecule has 3 aliphatic heterocycles. The van der Waals surface area contributed by atoms with Gasteiger partial charge in [0.2, 0.25) is 0 Å². The van der Waals surface area contributed by atoms with Gasteiger partial charge in [-0.15, -0.1) is 0 Å². The normalized spacial score (nSPS) is 14.0. The zero-order valence-electron chi connectivity index (χ0n) is 40.7. The maximum absolute atomic E-state index is 6.80. The van der Waals surface area contributed by atoms with Crippen molar-refractivity contribution in [1.29, 1.82) is 0 Å². The number of ether oxygens (including phenoxy) is 2. The van der Waals surface area contributed by atoms with E-state index in [-0.39, 0.29) is 17.5 Å². The number of furan rings is 2. The number of hydrogen-bond donors (Lipinski definition) is 0. The first-order valence-corrected chi connectivity index (χ1v) is 24.5. The van der Waals surface area contributed by atoms with Gasteiger partial charge in [-0.3, -0.25) is 0 Å². The lowest BCUT2D eigenvalue weighted by molar-refractivity contribution is 0.172. The van der Waals surface area contributed by atoms with Crippen LogP contribution in [0.3, 0.4) is 0 Å². The van der Waals surface area contributed by atoms with E-state index in [1.54, 1.807) is 0 Å². The van der Waals surface area contributed by atoms with E-state index in [4.69, 9.17) is 18.3 Å². The smallest absolute Gasteiger partial charge is 0.252 e. The Hall–Kier alpha value is -7.90. The van der Waals surface area contributed by atoms with Crippen molar-refractivity contribution in [2.45, 2.75) is 59.3 Å². The van der Waals surface area contributed by atoms with Crippen LogP contribution in [0.2, 0.25) is 0 Å². The highest BCUT2D eigenvalue weighted by Crippen LogP contribution is 2.53. The Bertz CT molecular complexity index is 3580. The Morgan fingerprint density at radius 1 is 0.471 bits per heavy atom. The van der Waals surface area contributed by atoms with Gasteiger partial charge in [0.1, 0.15) is 35.9 Å². The zero-order chi connectivity index (χ0) is 47.6. The van der Waals surface area contributed by atoms with E-state index in [1.165, 1.54) is 27.5 Å². The summed E-state index contributed by atoms with van der Waals surface area (Å²) in [5.41, 5.74) is 19.5.